The second-order valence-electron chi connectivity index (χ2n) is 5.45. The molecule has 3 nitrogen and oxygen atoms in total. The standard InChI is InChI=1S/C14H17FN2O/c1-8-3-4-17-12-6-9(2)10(15)7-11(12)16-14(18)13(17)5-8/h6-8,13H,3-5H2,1-2H3,(H,16,18). The molecular formula is C14H17FN2O. The first-order valence-corrected chi connectivity index (χ1v) is 6.44. The van der Waals surface area contributed by atoms with E-state index < -0.39 is 0 Å². The molecule has 0 aromatic heterocycles. The number of anilines is 2. The zero-order valence-corrected chi connectivity index (χ0v) is 10.7. The molecule has 0 saturated carbocycles. The first-order valence-electron chi connectivity index (χ1n) is 6.44. The molecule has 4 heteroatoms. The number of carbonyl (C=O) groups excluding carboxylic acids is 1. The minimum absolute atomic E-state index is 0.00250. The minimum Gasteiger partial charge on any atom is -0.358 e. The number of amides is 1. The Hall–Kier alpha value is -1.58. The Balaban J connectivity index is 2.05. The Labute approximate surface area is 106 Å². The Bertz CT molecular complexity index is 515. The number of hydrogen-bond donors (Lipinski definition) is 1. The van der Waals surface area contributed by atoms with Crippen LogP contribution in [0.1, 0.15) is 25.3 Å². The Kier molecular flexibility index (Phi) is 2.54. The van der Waals surface area contributed by atoms with Gasteiger partial charge in [0.2, 0.25) is 5.91 Å². The van der Waals surface area contributed by atoms with Crippen molar-refractivity contribution in [3.8, 4) is 0 Å². The Morgan fingerprint density at radius 1 is 1.44 bits per heavy atom. The zero-order chi connectivity index (χ0) is 12.9. The highest BCUT2D eigenvalue weighted by atomic mass is 19.1. The SMILES string of the molecule is Cc1cc2c(cc1F)NC(=O)C1CC(C)CCN21. The highest BCUT2D eigenvalue weighted by molar-refractivity contribution is 6.03. The fourth-order valence-electron chi connectivity index (χ4n) is 2.90. The summed E-state index contributed by atoms with van der Waals surface area (Å²) in [5.74, 6) is 0.301. The summed E-state index contributed by atoms with van der Waals surface area (Å²) in [5.41, 5.74) is 2.20. The molecule has 0 bridgehead atoms. The van der Waals surface area contributed by atoms with Crippen LogP contribution in [0.25, 0.3) is 0 Å². The van der Waals surface area contributed by atoms with Crippen LogP contribution in [0, 0.1) is 18.7 Å². The molecule has 96 valence electrons. The molecule has 2 unspecified atom stereocenters. The summed E-state index contributed by atoms with van der Waals surface area (Å²) in [4.78, 5) is 14.2. The van der Waals surface area contributed by atoms with Crippen molar-refractivity contribution in [3.63, 3.8) is 0 Å². The lowest BCUT2D eigenvalue weighted by Crippen LogP contribution is -2.52. The molecule has 2 aliphatic rings. The zero-order valence-electron chi connectivity index (χ0n) is 10.7. The summed E-state index contributed by atoms with van der Waals surface area (Å²) in [6.07, 6.45) is 1.96. The summed E-state index contributed by atoms with van der Waals surface area (Å²) in [6.45, 7) is 4.81. The first-order chi connectivity index (χ1) is 8.56. The van der Waals surface area contributed by atoms with Crippen molar-refractivity contribution in [2.24, 2.45) is 5.92 Å². The van der Waals surface area contributed by atoms with Crippen LogP contribution in [0.5, 0.6) is 0 Å². The quantitative estimate of drug-likeness (QED) is 0.765. The lowest BCUT2D eigenvalue weighted by Gasteiger charge is -2.43. The van der Waals surface area contributed by atoms with E-state index in [9.17, 15) is 9.18 Å². The van der Waals surface area contributed by atoms with Crippen LogP contribution in [0.4, 0.5) is 15.8 Å². The van der Waals surface area contributed by atoms with Gasteiger partial charge < -0.3 is 10.2 Å². The van der Waals surface area contributed by atoms with Crippen LogP contribution in [0.2, 0.25) is 0 Å². The van der Waals surface area contributed by atoms with Crippen LogP contribution in [0.15, 0.2) is 12.1 Å². The van der Waals surface area contributed by atoms with Gasteiger partial charge in [-0.1, -0.05) is 6.92 Å². The van der Waals surface area contributed by atoms with Gasteiger partial charge in [0.25, 0.3) is 0 Å². The van der Waals surface area contributed by atoms with E-state index in [1.165, 1.54) is 6.07 Å². The molecular weight excluding hydrogens is 231 g/mol. The number of halogens is 1. The molecule has 2 atom stereocenters. The maximum atomic E-state index is 13.6. The number of hydrogen-bond acceptors (Lipinski definition) is 2. The smallest absolute Gasteiger partial charge is 0.247 e. The van der Waals surface area contributed by atoms with E-state index in [2.05, 4.69) is 17.1 Å². The molecule has 0 spiro atoms. The van der Waals surface area contributed by atoms with E-state index in [1.54, 1.807) is 6.92 Å². The van der Waals surface area contributed by atoms with Gasteiger partial charge in [-0.2, -0.15) is 0 Å². The largest absolute Gasteiger partial charge is 0.358 e. The van der Waals surface area contributed by atoms with Crippen LogP contribution in [-0.4, -0.2) is 18.5 Å². The third-order valence-corrected chi connectivity index (χ3v) is 4.01. The van der Waals surface area contributed by atoms with Crippen LogP contribution < -0.4 is 10.2 Å². The number of rotatable bonds is 0. The van der Waals surface area contributed by atoms with Gasteiger partial charge in [-0.05, 0) is 43.4 Å². The molecule has 2 aliphatic heterocycles. The van der Waals surface area contributed by atoms with E-state index in [1.807, 2.05) is 6.07 Å². The number of carbonyl (C=O) groups is 1. The van der Waals surface area contributed by atoms with Gasteiger partial charge in [0.1, 0.15) is 11.9 Å². The number of benzene rings is 1. The van der Waals surface area contributed by atoms with E-state index in [-0.39, 0.29) is 17.8 Å². The van der Waals surface area contributed by atoms with Crippen molar-refractivity contribution in [2.45, 2.75) is 32.7 Å². The summed E-state index contributed by atoms with van der Waals surface area (Å²) in [6, 6.07) is 3.18. The van der Waals surface area contributed by atoms with Gasteiger partial charge in [-0.25, -0.2) is 4.39 Å². The summed E-state index contributed by atoms with van der Waals surface area (Å²) in [7, 11) is 0. The number of aryl methyl sites for hydroxylation is 1. The topological polar surface area (TPSA) is 32.3 Å². The third-order valence-electron chi connectivity index (χ3n) is 4.01. The van der Waals surface area contributed by atoms with Gasteiger partial charge >= 0.3 is 0 Å². The highest BCUT2D eigenvalue weighted by Gasteiger charge is 2.37. The predicted molar refractivity (Wildman–Crippen MR) is 69.3 cm³/mol. The summed E-state index contributed by atoms with van der Waals surface area (Å²) in [5, 5.41) is 2.83. The molecule has 1 aromatic carbocycles. The van der Waals surface area contributed by atoms with Gasteiger partial charge in [0.15, 0.2) is 0 Å². The normalized spacial score (nSPS) is 26.4. The lowest BCUT2D eigenvalue weighted by atomic mass is 9.89. The van der Waals surface area contributed by atoms with E-state index in [0.717, 1.165) is 25.1 Å². The van der Waals surface area contributed by atoms with Crippen molar-refractivity contribution in [2.75, 3.05) is 16.8 Å². The van der Waals surface area contributed by atoms with Crippen molar-refractivity contribution in [1.82, 2.24) is 0 Å². The highest BCUT2D eigenvalue weighted by Crippen LogP contribution is 2.38. The van der Waals surface area contributed by atoms with Gasteiger partial charge in [0.05, 0.1) is 11.4 Å². The van der Waals surface area contributed by atoms with E-state index >= 15 is 0 Å². The second kappa shape index (κ2) is 3.97. The Morgan fingerprint density at radius 3 is 3.00 bits per heavy atom. The molecule has 1 aromatic rings. The molecule has 0 radical (unpaired) electrons. The van der Waals surface area contributed by atoms with Crippen molar-refractivity contribution < 1.29 is 9.18 Å². The molecule has 1 fully saturated rings. The van der Waals surface area contributed by atoms with Crippen LogP contribution in [0.3, 0.4) is 0 Å². The van der Waals surface area contributed by atoms with Crippen LogP contribution >= 0.6 is 0 Å². The van der Waals surface area contributed by atoms with Crippen LogP contribution in [-0.2, 0) is 4.79 Å². The second-order valence-corrected chi connectivity index (χ2v) is 5.45. The monoisotopic (exact) mass is 248 g/mol. The molecule has 3 rings (SSSR count). The number of piperidine rings is 1. The molecule has 1 saturated heterocycles. The number of fused-ring (bicyclic) bond motifs is 3. The summed E-state index contributed by atoms with van der Waals surface area (Å²) < 4.78 is 13.6. The van der Waals surface area contributed by atoms with Gasteiger partial charge in [-0.3, -0.25) is 4.79 Å². The number of nitrogens with one attached hydrogen (secondary N) is 1. The van der Waals surface area contributed by atoms with Crippen molar-refractivity contribution in [1.29, 1.82) is 0 Å². The minimum atomic E-state index is -0.266. The average molecular weight is 248 g/mol. The molecule has 1 N–H and O–H groups in total. The Morgan fingerprint density at radius 2 is 2.22 bits per heavy atom. The molecule has 18 heavy (non-hydrogen) atoms. The maximum absolute atomic E-state index is 13.6. The first kappa shape index (κ1) is 11.5. The van der Waals surface area contributed by atoms with E-state index in [0.29, 0.717) is 17.2 Å². The predicted octanol–water partition coefficient (Wildman–Crippen LogP) is 2.69. The third kappa shape index (κ3) is 1.67. The van der Waals surface area contributed by atoms with Crippen molar-refractivity contribution >= 4 is 17.3 Å². The molecule has 2 heterocycles. The fraction of sp³-hybridized carbons (Fsp3) is 0.500. The summed E-state index contributed by atoms with van der Waals surface area (Å²) >= 11 is 0. The van der Waals surface area contributed by atoms with Gasteiger partial charge in [-0.15, -0.1) is 0 Å². The molecule has 0 aliphatic carbocycles. The average Bonchev–Trinajstić information content (AvgIpc) is 2.32. The lowest BCUT2D eigenvalue weighted by molar-refractivity contribution is -0.118. The molecule has 1 amide bonds. The van der Waals surface area contributed by atoms with Crippen molar-refractivity contribution in [3.05, 3.63) is 23.5 Å². The van der Waals surface area contributed by atoms with Gasteiger partial charge in [0, 0.05) is 6.54 Å². The maximum Gasteiger partial charge on any atom is 0.247 e. The fourth-order valence-corrected chi connectivity index (χ4v) is 2.90. The number of nitrogens with zero attached hydrogens (tertiary/aromatic N) is 1. The van der Waals surface area contributed by atoms with E-state index in [4.69, 9.17) is 0 Å².